The maximum Gasteiger partial charge on any atom is 0.242 e. The number of rotatable bonds is 4. The zero-order chi connectivity index (χ0) is 11.3. The zero-order valence-electron chi connectivity index (χ0n) is 9.09. The van der Waals surface area contributed by atoms with Crippen LogP contribution in [0.3, 0.4) is 0 Å². The lowest BCUT2D eigenvalue weighted by Gasteiger charge is -2.10. The van der Waals surface area contributed by atoms with Gasteiger partial charge in [0, 0.05) is 6.54 Å². The second-order valence-electron chi connectivity index (χ2n) is 3.57. The molecule has 0 saturated carbocycles. The van der Waals surface area contributed by atoms with Crippen LogP contribution in [0.25, 0.3) is 0 Å². The largest absolute Gasteiger partial charge is 0.355 e. The van der Waals surface area contributed by atoms with Crippen molar-refractivity contribution in [2.24, 2.45) is 0 Å². The van der Waals surface area contributed by atoms with Crippen molar-refractivity contribution in [2.75, 3.05) is 6.54 Å². The van der Waals surface area contributed by atoms with Gasteiger partial charge in [0.1, 0.15) is 5.38 Å². The molecule has 0 fully saturated rings. The molecule has 0 radical (unpaired) electrons. The van der Waals surface area contributed by atoms with Gasteiger partial charge in [-0.1, -0.05) is 36.8 Å². The molecule has 1 amide bonds. The Balaban J connectivity index is 2.67. The Morgan fingerprint density at radius 1 is 1.53 bits per heavy atom. The Morgan fingerprint density at radius 2 is 2.27 bits per heavy atom. The highest BCUT2D eigenvalue weighted by atomic mass is 35.5. The van der Waals surface area contributed by atoms with Crippen molar-refractivity contribution in [3.8, 4) is 0 Å². The fourth-order valence-electron chi connectivity index (χ4n) is 1.32. The van der Waals surface area contributed by atoms with E-state index in [-0.39, 0.29) is 5.91 Å². The molecule has 1 rings (SSSR count). The smallest absolute Gasteiger partial charge is 0.242 e. The van der Waals surface area contributed by atoms with Crippen LogP contribution in [0, 0.1) is 6.92 Å². The van der Waals surface area contributed by atoms with E-state index in [1.54, 1.807) is 0 Å². The standard InChI is InChI=1S/C12H16ClNO/c1-3-7-14-12(15)11(13)10-6-4-5-9(2)8-10/h4-6,8,11H,3,7H2,1-2H3,(H,14,15). The second kappa shape index (κ2) is 5.76. The van der Waals surface area contributed by atoms with Gasteiger partial charge in [0.2, 0.25) is 5.91 Å². The van der Waals surface area contributed by atoms with Crippen LogP contribution >= 0.6 is 11.6 Å². The van der Waals surface area contributed by atoms with Gasteiger partial charge < -0.3 is 5.32 Å². The number of hydrogen-bond donors (Lipinski definition) is 1. The molecular weight excluding hydrogens is 210 g/mol. The van der Waals surface area contributed by atoms with Crippen molar-refractivity contribution in [3.63, 3.8) is 0 Å². The SMILES string of the molecule is CCCNC(=O)C(Cl)c1cccc(C)c1. The van der Waals surface area contributed by atoms with Gasteiger partial charge in [-0.15, -0.1) is 11.6 Å². The first-order chi connectivity index (χ1) is 7.15. The lowest BCUT2D eigenvalue weighted by Crippen LogP contribution is -2.27. The molecule has 0 aliphatic rings. The van der Waals surface area contributed by atoms with E-state index in [0.717, 1.165) is 17.5 Å². The van der Waals surface area contributed by atoms with Crippen molar-refractivity contribution < 1.29 is 4.79 Å². The third kappa shape index (κ3) is 3.56. The van der Waals surface area contributed by atoms with E-state index < -0.39 is 5.38 Å². The second-order valence-corrected chi connectivity index (χ2v) is 4.00. The molecule has 0 saturated heterocycles. The van der Waals surface area contributed by atoms with E-state index in [0.29, 0.717) is 6.54 Å². The van der Waals surface area contributed by atoms with Crippen molar-refractivity contribution in [1.82, 2.24) is 5.32 Å². The summed E-state index contributed by atoms with van der Waals surface area (Å²) in [6.07, 6.45) is 0.920. The summed E-state index contributed by atoms with van der Waals surface area (Å²) in [6.45, 7) is 4.67. The first kappa shape index (κ1) is 12.1. The highest BCUT2D eigenvalue weighted by Crippen LogP contribution is 2.21. The molecule has 0 heterocycles. The lowest BCUT2D eigenvalue weighted by molar-refractivity contribution is -0.120. The molecule has 15 heavy (non-hydrogen) atoms. The predicted octanol–water partition coefficient (Wildman–Crippen LogP) is 2.80. The Bertz CT molecular complexity index is 338. The summed E-state index contributed by atoms with van der Waals surface area (Å²) in [7, 11) is 0. The van der Waals surface area contributed by atoms with Crippen LogP contribution < -0.4 is 5.32 Å². The summed E-state index contributed by atoms with van der Waals surface area (Å²) in [5.41, 5.74) is 1.96. The Kier molecular flexibility index (Phi) is 4.63. The van der Waals surface area contributed by atoms with Crippen LogP contribution in [-0.4, -0.2) is 12.5 Å². The van der Waals surface area contributed by atoms with Crippen LogP contribution in [0.4, 0.5) is 0 Å². The van der Waals surface area contributed by atoms with Crippen molar-refractivity contribution in [1.29, 1.82) is 0 Å². The molecule has 0 bridgehead atoms. The zero-order valence-corrected chi connectivity index (χ0v) is 9.84. The first-order valence-electron chi connectivity index (χ1n) is 5.13. The number of alkyl halides is 1. The molecule has 1 aromatic carbocycles. The molecule has 0 spiro atoms. The number of hydrogen-bond acceptors (Lipinski definition) is 1. The number of benzene rings is 1. The summed E-state index contributed by atoms with van der Waals surface area (Å²) in [4.78, 5) is 11.6. The fraction of sp³-hybridized carbons (Fsp3) is 0.417. The van der Waals surface area contributed by atoms with Gasteiger partial charge in [0.15, 0.2) is 0 Å². The van der Waals surface area contributed by atoms with Crippen LogP contribution in [0.15, 0.2) is 24.3 Å². The maximum atomic E-state index is 11.6. The number of halogens is 1. The monoisotopic (exact) mass is 225 g/mol. The first-order valence-corrected chi connectivity index (χ1v) is 5.57. The van der Waals surface area contributed by atoms with E-state index in [1.807, 2.05) is 38.1 Å². The average molecular weight is 226 g/mol. The van der Waals surface area contributed by atoms with Gasteiger partial charge in [-0.05, 0) is 18.9 Å². The molecule has 1 unspecified atom stereocenters. The Labute approximate surface area is 95.6 Å². The molecule has 0 aliphatic carbocycles. The molecule has 1 N–H and O–H groups in total. The van der Waals surface area contributed by atoms with Crippen LogP contribution in [0.5, 0.6) is 0 Å². The molecule has 82 valence electrons. The summed E-state index contributed by atoms with van der Waals surface area (Å²) in [6, 6.07) is 7.70. The highest BCUT2D eigenvalue weighted by Gasteiger charge is 2.16. The molecule has 3 heteroatoms. The van der Waals surface area contributed by atoms with Crippen molar-refractivity contribution >= 4 is 17.5 Å². The Morgan fingerprint density at radius 3 is 2.87 bits per heavy atom. The number of amides is 1. The van der Waals surface area contributed by atoms with E-state index >= 15 is 0 Å². The van der Waals surface area contributed by atoms with Gasteiger partial charge in [-0.25, -0.2) is 0 Å². The van der Waals surface area contributed by atoms with Crippen LogP contribution in [0.2, 0.25) is 0 Å². The third-order valence-corrected chi connectivity index (χ3v) is 2.56. The van der Waals surface area contributed by atoms with Crippen molar-refractivity contribution in [2.45, 2.75) is 25.6 Å². The normalized spacial score (nSPS) is 12.2. The minimum absolute atomic E-state index is 0.121. The average Bonchev–Trinajstić information content (AvgIpc) is 2.24. The summed E-state index contributed by atoms with van der Waals surface area (Å²) >= 11 is 6.05. The summed E-state index contributed by atoms with van der Waals surface area (Å²) in [5, 5.41) is 2.19. The number of nitrogens with one attached hydrogen (secondary N) is 1. The van der Waals surface area contributed by atoms with Crippen molar-refractivity contribution in [3.05, 3.63) is 35.4 Å². The van der Waals surface area contributed by atoms with E-state index in [2.05, 4.69) is 5.32 Å². The van der Waals surface area contributed by atoms with Gasteiger partial charge in [0.25, 0.3) is 0 Å². The third-order valence-electron chi connectivity index (χ3n) is 2.11. The number of aryl methyl sites for hydroxylation is 1. The predicted molar refractivity (Wildman–Crippen MR) is 63.1 cm³/mol. The molecular formula is C12H16ClNO. The highest BCUT2D eigenvalue weighted by molar-refractivity contribution is 6.30. The summed E-state index contributed by atoms with van der Waals surface area (Å²) < 4.78 is 0. The van der Waals surface area contributed by atoms with Crippen LogP contribution in [-0.2, 0) is 4.79 Å². The topological polar surface area (TPSA) is 29.1 Å². The molecule has 0 aliphatic heterocycles. The lowest BCUT2D eigenvalue weighted by atomic mass is 10.1. The minimum atomic E-state index is -0.587. The van der Waals surface area contributed by atoms with Gasteiger partial charge in [-0.2, -0.15) is 0 Å². The van der Waals surface area contributed by atoms with Crippen LogP contribution in [0.1, 0.15) is 29.8 Å². The number of carbonyl (C=O) groups is 1. The molecule has 0 aromatic heterocycles. The van der Waals surface area contributed by atoms with Gasteiger partial charge >= 0.3 is 0 Å². The fourth-order valence-corrected chi connectivity index (χ4v) is 1.53. The maximum absolute atomic E-state index is 11.6. The molecule has 1 aromatic rings. The molecule has 2 nitrogen and oxygen atoms in total. The van der Waals surface area contributed by atoms with E-state index in [9.17, 15) is 4.79 Å². The summed E-state index contributed by atoms with van der Waals surface area (Å²) in [5.74, 6) is -0.121. The quantitative estimate of drug-likeness (QED) is 0.785. The van der Waals surface area contributed by atoms with E-state index in [4.69, 9.17) is 11.6 Å². The van der Waals surface area contributed by atoms with E-state index in [1.165, 1.54) is 0 Å². The van der Waals surface area contributed by atoms with Gasteiger partial charge in [-0.3, -0.25) is 4.79 Å². The molecule has 1 atom stereocenters. The Hall–Kier alpha value is -1.02. The minimum Gasteiger partial charge on any atom is -0.355 e. The van der Waals surface area contributed by atoms with Gasteiger partial charge in [0.05, 0.1) is 0 Å². The number of carbonyl (C=O) groups excluding carboxylic acids is 1.